The highest BCUT2D eigenvalue weighted by Gasteiger charge is 2.60. The minimum Gasteiger partial charge on any atom is -0.123 e. The van der Waals surface area contributed by atoms with Crippen molar-refractivity contribution in [3.8, 4) is 0 Å². The number of hydrogen-bond donors (Lipinski definition) is 0. The van der Waals surface area contributed by atoms with Gasteiger partial charge in [-0.25, -0.2) is 0 Å². The van der Waals surface area contributed by atoms with E-state index in [0.29, 0.717) is 16.2 Å². The Balaban J connectivity index is 1.46. The second kappa shape index (κ2) is 8.09. The van der Waals surface area contributed by atoms with Gasteiger partial charge >= 0.3 is 0 Å². The highest BCUT2D eigenvalue weighted by Crippen LogP contribution is 2.68. The number of halogens is 1. The molecule has 0 bridgehead atoms. The summed E-state index contributed by atoms with van der Waals surface area (Å²) < 4.78 is 0. The summed E-state index contributed by atoms with van der Waals surface area (Å²) in [7, 11) is 0. The molecule has 4 fully saturated rings. The van der Waals surface area contributed by atoms with E-state index in [1.165, 1.54) is 77.0 Å². The van der Waals surface area contributed by atoms with E-state index in [4.69, 9.17) is 11.6 Å². The van der Waals surface area contributed by atoms with E-state index in [2.05, 4.69) is 34.6 Å². The maximum atomic E-state index is 6.60. The standard InChI is InChI=1S/C27H47Cl/c1-18(2)7-6-8-19(3)23-11-12-24-22-10-9-20-17-21(28)13-15-26(20,4)25(22)14-16-27(23,24)5/h18-25H,6-17H2,1-5H3. The number of alkyl halides is 1. The van der Waals surface area contributed by atoms with Crippen LogP contribution in [0, 0.1) is 52.3 Å². The molecule has 0 nitrogen and oxygen atoms in total. The van der Waals surface area contributed by atoms with Gasteiger partial charge in [0, 0.05) is 5.38 Å². The Hall–Kier alpha value is 0.290. The molecule has 4 rings (SSSR count). The van der Waals surface area contributed by atoms with Crippen LogP contribution in [0.1, 0.15) is 112 Å². The summed E-state index contributed by atoms with van der Waals surface area (Å²) in [5.41, 5.74) is 1.25. The molecule has 0 aromatic rings. The van der Waals surface area contributed by atoms with Crippen LogP contribution in [0.3, 0.4) is 0 Å². The summed E-state index contributed by atoms with van der Waals surface area (Å²) in [6.45, 7) is 12.8. The van der Waals surface area contributed by atoms with Gasteiger partial charge in [-0.05, 0) is 110 Å². The lowest BCUT2D eigenvalue weighted by Gasteiger charge is -2.61. The Morgan fingerprint density at radius 1 is 0.821 bits per heavy atom. The maximum Gasteiger partial charge on any atom is 0.0339 e. The van der Waals surface area contributed by atoms with Crippen molar-refractivity contribution < 1.29 is 0 Å². The smallest absolute Gasteiger partial charge is 0.0339 e. The predicted molar refractivity (Wildman–Crippen MR) is 123 cm³/mol. The van der Waals surface area contributed by atoms with Crippen LogP contribution >= 0.6 is 11.6 Å². The van der Waals surface area contributed by atoms with Crippen molar-refractivity contribution in [1.29, 1.82) is 0 Å². The summed E-state index contributed by atoms with van der Waals surface area (Å²) >= 11 is 6.60. The average Bonchev–Trinajstić information content (AvgIpc) is 2.99. The topological polar surface area (TPSA) is 0 Å². The van der Waals surface area contributed by atoms with Gasteiger partial charge in [-0.1, -0.05) is 53.9 Å². The molecule has 0 aromatic carbocycles. The molecule has 0 N–H and O–H groups in total. The first-order chi connectivity index (χ1) is 13.3. The van der Waals surface area contributed by atoms with Crippen LogP contribution in [0.25, 0.3) is 0 Å². The zero-order valence-electron chi connectivity index (χ0n) is 19.5. The Morgan fingerprint density at radius 3 is 2.29 bits per heavy atom. The van der Waals surface area contributed by atoms with E-state index in [-0.39, 0.29) is 0 Å². The van der Waals surface area contributed by atoms with Gasteiger partial charge in [0.05, 0.1) is 0 Å². The molecule has 4 aliphatic rings. The van der Waals surface area contributed by atoms with E-state index in [0.717, 1.165) is 41.4 Å². The molecule has 9 unspecified atom stereocenters. The van der Waals surface area contributed by atoms with Crippen molar-refractivity contribution in [3.05, 3.63) is 0 Å². The zero-order valence-corrected chi connectivity index (χ0v) is 20.2. The van der Waals surface area contributed by atoms with Crippen LogP contribution < -0.4 is 0 Å². The number of fused-ring (bicyclic) bond motifs is 5. The fraction of sp³-hybridized carbons (Fsp3) is 1.00. The Bertz CT molecular complexity index is 540. The largest absolute Gasteiger partial charge is 0.123 e. The lowest BCUT2D eigenvalue weighted by atomic mass is 9.44. The Kier molecular flexibility index (Phi) is 6.22. The first kappa shape index (κ1) is 21.5. The molecule has 9 atom stereocenters. The average molecular weight is 407 g/mol. The van der Waals surface area contributed by atoms with Gasteiger partial charge in [0.2, 0.25) is 0 Å². The van der Waals surface area contributed by atoms with Crippen molar-refractivity contribution >= 4 is 11.6 Å². The van der Waals surface area contributed by atoms with Crippen molar-refractivity contribution in [2.24, 2.45) is 52.3 Å². The highest BCUT2D eigenvalue weighted by atomic mass is 35.5. The summed E-state index contributed by atoms with van der Waals surface area (Å²) in [5.74, 6) is 6.77. The Morgan fingerprint density at radius 2 is 1.54 bits per heavy atom. The third-order valence-corrected chi connectivity index (χ3v) is 11.2. The van der Waals surface area contributed by atoms with Gasteiger partial charge in [0.1, 0.15) is 0 Å². The van der Waals surface area contributed by atoms with Crippen LogP contribution in [0.2, 0.25) is 0 Å². The zero-order chi connectivity index (χ0) is 20.1. The molecule has 162 valence electrons. The molecule has 4 aliphatic carbocycles. The van der Waals surface area contributed by atoms with Crippen molar-refractivity contribution in [1.82, 2.24) is 0 Å². The molecule has 0 heterocycles. The van der Waals surface area contributed by atoms with Gasteiger partial charge in [0.25, 0.3) is 0 Å². The van der Waals surface area contributed by atoms with Crippen molar-refractivity contribution in [2.45, 2.75) is 117 Å². The van der Waals surface area contributed by atoms with E-state index in [1.807, 2.05) is 0 Å². The summed E-state index contributed by atoms with van der Waals surface area (Å²) in [6.07, 6.45) is 17.4. The number of hydrogen-bond acceptors (Lipinski definition) is 0. The highest BCUT2D eigenvalue weighted by molar-refractivity contribution is 6.20. The van der Waals surface area contributed by atoms with Gasteiger partial charge in [-0.2, -0.15) is 0 Å². The van der Waals surface area contributed by atoms with E-state index >= 15 is 0 Å². The van der Waals surface area contributed by atoms with Crippen LogP contribution in [0.4, 0.5) is 0 Å². The summed E-state index contributed by atoms with van der Waals surface area (Å²) in [6, 6.07) is 0. The van der Waals surface area contributed by atoms with Gasteiger partial charge < -0.3 is 0 Å². The lowest BCUT2D eigenvalue weighted by Crippen LogP contribution is -2.53. The molecule has 1 heteroatoms. The molecule has 0 aliphatic heterocycles. The van der Waals surface area contributed by atoms with Crippen LogP contribution in [-0.2, 0) is 0 Å². The van der Waals surface area contributed by atoms with Crippen molar-refractivity contribution in [2.75, 3.05) is 0 Å². The van der Waals surface area contributed by atoms with E-state index in [1.54, 1.807) is 0 Å². The maximum absolute atomic E-state index is 6.60. The quantitative estimate of drug-likeness (QED) is 0.400. The molecule has 0 radical (unpaired) electrons. The molecule has 0 aromatic heterocycles. The van der Waals surface area contributed by atoms with Gasteiger partial charge in [-0.15, -0.1) is 11.6 Å². The first-order valence-corrected chi connectivity index (χ1v) is 13.3. The third-order valence-electron chi connectivity index (χ3n) is 10.8. The van der Waals surface area contributed by atoms with E-state index < -0.39 is 0 Å². The van der Waals surface area contributed by atoms with Crippen LogP contribution in [0.5, 0.6) is 0 Å². The molecule has 0 spiro atoms. The molecular weight excluding hydrogens is 360 g/mol. The lowest BCUT2D eigenvalue weighted by molar-refractivity contribution is -0.113. The van der Waals surface area contributed by atoms with Gasteiger partial charge in [0.15, 0.2) is 0 Å². The molecular formula is C27H47Cl. The molecule has 4 saturated carbocycles. The Labute approximate surface area is 181 Å². The first-order valence-electron chi connectivity index (χ1n) is 12.9. The fourth-order valence-electron chi connectivity index (χ4n) is 9.23. The van der Waals surface area contributed by atoms with Crippen LogP contribution in [-0.4, -0.2) is 5.38 Å². The SMILES string of the molecule is CC(C)CCCC(C)C1CCC2C3CCC4CC(Cl)CCC4(C)C3CCC12C. The van der Waals surface area contributed by atoms with Crippen LogP contribution in [0.15, 0.2) is 0 Å². The monoisotopic (exact) mass is 406 g/mol. The van der Waals surface area contributed by atoms with Gasteiger partial charge in [-0.3, -0.25) is 0 Å². The predicted octanol–water partition coefficient (Wildman–Crippen LogP) is 8.72. The second-order valence-electron chi connectivity index (χ2n) is 12.6. The van der Waals surface area contributed by atoms with E-state index in [9.17, 15) is 0 Å². The molecule has 28 heavy (non-hydrogen) atoms. The summed E-state index contributed by atoms with van der Waals surface area (Å²) in [5, 5.41) is 0.464. The molecule has 0 amide bonds. The normalized spacial score (nSPS) is 49.4. The summed E-state index contributed by atoms with van der Waals surface area (Å²) in [4.78, 5) is 0. The minimum absolute atomic E-state index is 0.464. The minimum atomic E-state index is 0.464. The van der Waals surface area contributed by atoms with Crippen molar-refractivity contribution in [3.63, 3.8) is 0 Å². The fourth-order valence-corrected chi connectivity index (χ4v) is 9.55. The third kappa shape index (κ3) is 3.61. The second-order valence-corrected chi connectivity index (χ2v) is 13.2. The molecule has 0 saturated heterocycles. The number of rotatable bonds is 5.